The highest BCUT2D eigenvalue weighted by atomic mass is 28.4. The fourth-order valence-corrected chi connectivity index (χ4v) is 34.8. The molecule has 0 aromatic rings. The van der Waals surface area contributed by atoms with Gasteiger partial charge < -0.3 is 133 Å². The Morgan fingerprint density at radius 3 is 0.361 bits per heavy atom. The van der Waals surface area contributed by atoms with E-state index < -0.39 is 88.0 Å². The molecule has 0 unspecified atom stereocenters. The Labute approximate surface area is 904 Å². The Balaban J connectivity index is -0.000000175. The zero-order chi connectivity index (χ0) is 111. The number of hydrogen-bond donors (Lipinski definition) is 0. The largest absolute Gasteiger partial charge is 0.500 e. The first kappa shape index (κ1) is 165. The summed E-state index contributed by atoms with van der Waals surface area (Å²) in [5.41, 5.74) is 0. The third-order valence-corrected chi connectivity index (χ3v) is 51.9. The van der Waals surface area contributed by atoms with Gasteiger partial charge in [0.05, 0.1) is 0 Å². The Hall–Kier alpha value is 0.969. The summed E-state index contributed by atoms with van der Waals surface area (Å²) in [7, 11) is 0.173. The Kier molecular flexibility index (Phi) is 140. The van der Waals surface area contributed by atoms with Gasteiger partial charge in [-0.25, -0.2) is 0 Å². The summed E-state index contributed by atoms with van der Waals surface area (Å²) in [6.07, 6.45) is 52.4. The standard InChI is InChI=1S/C18H40O3Si.C16H36O3Si.C14H32O3Si.C12H28O3Si.C11H26O3Si.C9H22O3Si.C8H20O3Si.C7H18O3Si.C5H14O3Si.C4H12O3Si/c1-5-9-10-11-12-13-14-15-16-17-18-22(19-6-2,20-7-3)21-8-4;1-5-7-8-9-10-11-12-13-14-15-16-20(17-3,18-4)19-6-2;1-5-9-10-11-12-13-14-18(15-6-2,16-7-3)17-8-4;1-5-9-10-11-12-16(13-6-2,14-7-3)15-8-4;1-5-6-7-8-9-10-11-15(12-2,13-3)14-4;1-5-6-7-8-9-13(10-2,11-3)12-4;1-5-9-12(8-4,10-6-2)11-7-3;1-5-8-11(4,9-6-2)10-7-3;1-5-9(6-2,7-3)8-4;1-5-8(4,6-2)7-3/h5-18H2,1-4H3;5-16H2,1-4H3;5-14H2,1-4H3;5-12H2,1-4H3;5-11H2,1-4H3;5-9H2,1-4H3;5-8H2,1-4H3;5-7H2,1-4H3;5H2,1-4H3;1-4H3. The molecule has 0 N–H and O–H groups in total. The lowest BCUT2D eigenvalue weighted by atomic mass is 10.1. The summed E-state index contributed by atoms with van der Waals surface area (Å²) in [6.45, 7) is 63.9. The Morgan fingerprint density at radius 2 is 0.236 bits per heavy atom. The Bertz CT molecular complexity index is 2230. The minimum absolute atomic E-state index is 0.655. The van der Waals surface area contributed by atoms with Gasteiger partial charge in [-0.15, -0.1) is 0 Å². The first-order valence-electron chi connectivity index (χ1n) is 57.3. The fraction of sp³-hybridized carbons (Fsp3) is 1.00. The third kappa shape index (κ3) is 98.6. The van der Waals surface area contributed by atoms with Crippen LogP contribution in [0.3, 0.4) is 0 Å². The van der Waals surface area contributed by atoms with Gasteiger partial charge in [0.2, 0.25) is 0 Å². The SMILES string of the molecule is CCCCCCCCCCCC[Si](OC)(OC)OCC.CCCCCCCCCCCC[Si](OCC)(OCC)OCC.CCCCCCCC[Si](OC)(OC)OC.CCCCCCCC[Si](OCC)(OCC)OCC.CCCCCC[Si](OC)(OC)OC.CCCCCC[Si](OCC)(OCC)OCC.CCO[Si](C)(OCC)OCC.CCO[Si](CC)(OCC)OCC.CC[Si](OC)(OC)OC.CO[Si](C)(OC)OC. The summed E-state index contributed by atoms with van der Waals surface area (Å²) in [4.78, 5) is 0. The zero-order valence-corrected chi connectivity index (χ0v) is 113. The molecule has 0 saturated carbocycles. The van der Waals surface area contributed by atoms with Crippen LogP contribution in [0, 0.1) is 0 Å². The van der Waals surface area contributed by atoms with E-state index in [1.165, 1.54) is 225 Å². The normalized spacial score (nSPS) is 12.0. The molecule has 0 saturated heterocycles. The van der Waals surface area contributed by atoms with Crippen molar-refractivity contribution in [3.63, 3.8) is 0 Å². The Morgan fingerprint density at radius 1 is 0.111 bits per heavy atom. The highest BCUT2D eigenvalue weighted by Crippen LogP contribution is 2.28. The van der Waals surface area contributed by atoms with Gasteiger partial charge >= 0.3 is 88.0 Å². The molecule has 0 aromatic carbocycles. The van der Waals surface area contributed by atoms with E-state index in [4.69, 9.17) is 133 Å². The van der Waals surface area contributed by atoms with Crippen LogP contribution in [-0.2, 0) is 133 Å². The van der Waals surface area contributed by atoms with Crippen LogP contribution >= 0.6 is 0 Å². The van der Waals surface area contributed by atoms with Crippen LogP contribution in [0.4, 0.5) is 0 Å². The molecule has 0 atom stereocenters. The molecule has 0 fully saturated rings. The average molecular weight is 2260 g/mol. The fourth-order valence-electron chi connectivity index (χ4n) is 15.2. The van der Waals surface area contributed by atoms with E-state index in [1.54, 1.807) is 99.5 Å². The lowest BCUT2D eigenvalue weighted by molar-refractivity contribution is 0.0698. The molecule has 0 heterocycles. The van der Waals surface area contributed by atoms with Gasteiger partial charge in [0.25, 0.3) is 0 Å². The molecule has 0 spiro atoms. The van der Waals surface area contributed by atoms with E-state index in [1.807, 2.05) is 138 Å². The summed E-state index contributed by atoms with van der Waals surface area (Å²) < 4.78 is 164. The number of hydrogen-bond acceptors (Lipinski definition) is 30. The molecule has 0 amide bonds. The van der Waals surface area contributed by atoms with Crippen LogP contribution in [0.15, 0.2) is 0 Å². The quantitative estimate of drug-likeness (QED) is 0.0404. The number of unbranched alkanes of at least 4 members (excludes halogenated alkanes) is 34. The average Bonchev–Trinajstić information content (AvgIpc) is 0.877. The van der Waals surface area contributed by atoms with Crippen molar-refractivity contribution < 1.29 is 133 Å². The third-order valence-electron chi connectivity index (χ3n) is 23.4. The predicted octanol–water partition coefficient (Wildman–Crippen LogP) is 29.9. The maximum absolute atomic E-state index is 5.89. The van der Waals surface area contributed by atoms with Crippen molar-refractivity contribution in [2.45, 2.75) is 484 Å². The van der Waals surface area contributed by atoms with Crippen molar-refractivity contribution in [2.75, 3.05) is 205 Å². The molecule has 30 nitrogen and oxygen atoms in total. The molecular weight excluding hydrogens is 2010 g/mol. The van der Waals surface area contributed by atoms with Crippen LogP contribution in [0.5, 0.6) is 0 Å². The van der Waals surface area contributed by atoms with Crippen LogP contribution < -0.4 is 0 Å². The lowest BCUT2D eigenvalue weighted by Gasteiger charge is -2.28. The highest BCUT2D eigenvalue weighted by Gasteiger charge is 2.45. The summed E-state index contributed by atoms with van der Waals surface area (Å²) in [5, 5.41) is 0. The molecular formula is C104H248O30Si10. The molecule has 0 bridgehead atoms. The first-order chi connectivity index (χ1) is 69.3. The number of rotatable bonds is 94. The van der Waals surface area contributed by atoms with E-state index in [-0.39, 0.29) is 0 Å². The molecule has 0 aliphatic heterocycles. The van der Waals surface area contributed by atoms with Crippen molar-refractivity contribution in [3.05, 3.63) is 0 Å². The van der Waals surface area contributed by atoms with E-state index in [0.717, 1.165) is 80.5 Å². The maximum atomic E-state index is 5.89. The van der Waals surface area contributed by atoms with E-state index >= 15 is 0 Å². The van der Waals surface area contributed by atoms with Gasteiger partial charge in [0.1, 0.15) is 0 Å². The molecule has 0 radical (unpaired) electrons. The van der Waals surface area contributed by atoms with Crippen LogP contribution in [0.2, 0.25) is 61.4 Å². The van der Waals surface area contributed by atoms with Gasteiger partial charge in [0, 0.05) is 267 Å². The molecule has 884 valence electrons. The van der Waals surface area contributed by atoms with Crippen LogP contribution in [0.25, 0.3) is 0 Å². The molecule has 0 aromatic heterocycles. The summed E-state index contributed by atoms with van der Waals surface area (Å²) >= 11 is 0. The molecule has 144 heavy (non-hydrogen) atoms. The van der Waals surface area contributed by atoms with Crippen molar-refractivity contribution in [1.82, 2.24) is 0 Å². The molecule has 0 aliphatic rings. The second-order valence-corrected chi connectivity index (χ2v) is 63.3. The monoisotopic (exact) mass is 2260 g/mol. The van der Waals surface area contributed by atoms with Gasteiger partial charge in [0.15, 0.2) is 0 Å². The maximum Gasteiger partial charge on any atom is 0.500 e. The van der Waals surface area contributed by atoms with Crippen molar-refractivity contribution in [1.29, 1.82) is 0 Å². The van der Waals surface area contributed by atoms with Crippen LogP contribution in [0.1, 0.15) is 423 Å². The summed E-state index contributed by atoms with van der Waals surface area (Å²) in [6, 6.07) is 7.37. The molecule has 0 rings (SSSR count). The minimum Gasteiger partial charge on any atom is -0.377 e. The predicted molar refractivity (Wildman–Crippen MR) is 622 cm³/mol. The molecule has 0 aliphatic carbocycles. The zero-order valence-electron chi connectivity index (χ0n) is 103. The smallest absolute Gasteiger partial charge is 0.377 e. The minimum atomic E-state index is -2.39. The molecule has 40 heteroatoms. The van der Waals surface area contributed by atoms with Gasteiger partial charge in [-0.2, -0.15) is 0 Å². The van der Waals surface area contributed by atoms with Crippen molar-refractivity contribution in [2.24, 2.45) is 0 Å². The topological polar surface area (TPSA) is 277 Å². The van der Waals surface area contributed by atoms with Crippen LogP contribution in [-0.4, -0.2) is 293 Å². The lowest BCUT2D eigenvalue weighted by Crippen LogP contribution is -2.45. The van der Waals surface area contributed by atoms with Crippen molar-refractivity contribution in [3.8, 4) is 0 Å². The van der Waals surface area contributed by atoms with E-state index in [9.17, 15) is 0 Å². The van der Waals surface area contributed by atoms with Gasteiger partial charge in [-0.05, 0) is 149 Å². The highest BCUT2D eigenvalue weighted by molar-refractivity contribution is 6.63. The second-order valence-electron chi connectivity index (χ2n) is 34.2. The summed E-state index contributed by atoms with van der Waals surface area (Å²) in [5.74, 6) is 0. The van der Waals surface area contributed by atoms with E-state index in [2.05, 4.69) is 41.5 Å². The first-order valence-corrected chi connectivity index (χ1v) is 77.2. The second kappa shape index (κ2) is 123. The van der Waals surface area contributed by atoms with Gasteiger partial charge in [-0.3, -0.25) is 0 Å². The van der Waals surface area contributed by atoms with Gasteiger partial charge in [-0.1, -0.05) is 274 Å². The van der Waals surface area contributed by atoms with Crippen molar-refractivity contribution >= 4 is 88.0 Å². The van der Waals surface area contributed by atoms with E-state index in [0.29, 0.717) is 106 Å².